The minimum Gasteiger partial charge on any atom is -0.341 e. The number of nitrogens with zero attached hydrogens (tertiary/aromatic N) is 4. The molecule has 2 aliphatic rings. The Balaban J connectivity index is 1.54. The number of thiazole rings is 1. The van der Waals surface area contributed by atoms with Gasteiger partial charge >= 0.3 is 0 Å². The van der Waals surface area contributed by atoms with E-state index >= 15 is 0 Å². The smallest absolute Gasteiger partial charge is 0.242 e. The number of hydrogen-bond donors (Lipinski definition) is 0. The van der Waals surface area contributed by atoms with E-state index in [1.807, 2.05) is 16.5 Å². The zero-order valence-corrected chi connectivity index (χ0v) is 14.9. The van der Waals surface area contributed by atoms with Gasteiger partial charge in [0, 0.05) is 30.7 Å². The summed E-state index contributed by atoms with van der Waals surface area (Å²) in [5.74, 6) is -0.0248. The number of carbonyl (C=O) groups excluding carboxylic acids is 1. The van der Waals surface area contributed by atoms with Crippen molar-refractivity contribution >= 4 is 17.2 Å². The van der Waals surface area contributed by atoms with Crippen molar-refractivity contribution in [3.8, 4) is 6.07 Å². The van der Waals surface area contributed by atoms with Crippen molar-refractivity contribution in [2.45, 2.75) is 45.7 Å². The Labute approximate surface area is 141 Å². The highest BCUT2D eigenvalue weighted by Crippen LogP contribution is 2.56. The Hall–Kier alpha value is -1.45. The molecule has 3 rings (SSSR count). The van der Waals surface area contributed by atoms with Gasteiger partial charge in [0.1, 0.15) is 10.4 Å². The fourth-order valence-corrected chi connectivity index (χ4v) is 4.42. The molecule has 2 fully saturated rings. The van der Waals surface area contributed by atoms with Crippen LogP contribution in [0.25, 0.3) is 0 Å². The highest BCUT2D eigenvalue weighted by Gasteiger charge is 2.57. The SMILES string of the molecule is CN(Cc1nccs1)[C@H]1CC12CCN(C(=O)C(C)(C)C#N)CC2. The number of piperidine rings is 1. The van der Waals surface area contributed by atoms with E-state index in [4.69, 9.17) is 5.26 Å². The highest BCUT2D eigenvalue weighted by atomic mass is 32.1. The van der Waals surface area contributed by atoms with Gasteiger partial charge < -0.3 is 4.90 Å². The van der Waals surface area contributed by atoms with Crippen molar-refractivity contribution in [2.24, 2.45) is 10.8 Å². The largest absolute Gasteiger partial charge is 0.341 e. The fourth-order valence-electron chi connectivity index (χ4n) is 3.74. The summed E-state index contributed by atoms with van der Waals surface area (Å²) in [7, 11) is 2.18. The van der Waals surface area contributed by atoms with Crippen LogP contribution in [0, 0.1) is 22.2 Å². The van der Waals surface area contributed by atoms with Gasteiger partial charge in [-0.2, -0.15) is 5.26 Å². The van der Waals surface area contributed by atoms with Gasteiger partial charge in [0.05, 0.1) is 12.6 Å². The van der Waals surface area contributed by atoms with Crippen LogP contribution in [0.2, 0.25) is 0 Å². The average Bonchev–Trinajstić information content (AvgIpc) is 2.99. The number of amides is 1. The van der Waals surface area contributed by atoms with Crippen molar-refractivity contribution in [1.29, 1.82) is 5.26 Å². The molecule has 5 nitrogen and oxygen atoms in total. The first-order valence-electron chi connectivity index (χ1n) is 8.17. The predicted molar refractivity (Wildman–Crippen MR) is 89.6 cm³/mol. The summed E-state index contributed by atoms with van der Waals surface area (Å²) in [6.07, 6.45) is 5.18. The Morgan fingerprint density at radius 1 is 1.57 bits per heavy atom. The van der Waals surface area contributed by atoms with Crippen LogP contribution in [0.1, 0.15) is 38.1 Å². The van der Waals surface area contributed by atoms with Crippen LogP contribution in [0.15, 0.2) is 11.6 Å². The molecule has 0 aromatic carbocycles. The molecular weight excluding hydrogens is 308 g/mol. The molecule has 1 aromatic rings. The summed E-state index contributed by atoms with van der Waals surface area (Å²) >= 11 is 1.70. The standard InChI is InChI=1S/C17H24N4OS/c1-16(2,12-18)15(22)21-7-4-17(5-8-21)10-13(17)20(3)11-14-19-6-9-23-14/h6,9,13H,4-5,7-8,10-11H2,1-3H3/t13-/m0/s1. The van der Waals surface area contributed by atoms with Crippen LogP contribution in [-0.2, 0) is 11.3 Å². The van der Waals surface area contributed by atoms with Gasteiger partial charge in [0.15, 0.2) is 0 Å². The molecule has 0 radical (unpaired) electrons. The lowest BCUT2D eigenvalue weighted by atomic mass is 9.88. The quantitative estimate of drug-likeness (QED) is 0.850. The van der Waals surface area contributed by atoms with Crippen LogP contribution >= 0.6 is 11.3 Å². The average molecular weight is 332 g/mol. The van der Waals surface area contributed by atoms with E-state index in [0.717, 1.165) is 37.5 Å². The molecule has 0 bridgehead atoms. The second kappa shape index (κ2) is 5.88. The predicted octanol–water partition coefficient (Wildman–Crippen LogP) is 2.51. The Kier molecular flexibility index (Phi) is 4.19. The van der Waals surface area contributed by atoms with Crippen molar-refractivity contribution in [2.75, 3.05) is 20.1 Å². The molecule has 1 amide bonds. The Morgan fingerprint density at radius 3 is 2.83 bits per heavy atom. The molecule has 1 aliphatic carbocycles. The third kappa shape index (κ3) is 3.13. The zero-order valence-electron chi connectivity index (χ0n) is 14.1. The zero-order chi connectivity index (χ0) is 16.7. The summed E-state index contributed by atoms with van der Waals surface area (Å²) in [6.45, 7) is 5.90. The maximum atomic E-state index is 12.4. The fraction of sp³-hybridized carbons (Fsp3) is 0.706. The van der Waals surface area contributed by atoms with E-state index in [1.165, 1.54) is 6.42 Å². The number of hydrogen-bond acceptors (Lipinski definition) is 5. The molecular formula is C17H24N4OS. The maximum Gasteiger partial charge on any atom is 0.242 e. The van der Waals surface area contributed by atoms with Crippen LogP contribution in [-0.4, -0.2) is 46.9 Å². The normalized spacial score (nSPS) is 23.1. The molecule has 1 atom stereocenters. The monoisotopic (exact) mass is 332 g/mol. The Bertz CT molecular complexity index is 611. The maximum absolute atomic E-state index is 12.4. The van der Waals surface area contributed by atoms with Crippen LogP contribution in [0.4, 0.5) is 0 Å². The lowest BCUT2D eigenvalue weighted by molar-refractivity contribution is -0.139. The minimum absolute atomic E-state index is 0.0248. The number of likely N-dealkylation sites (tertiary alicyclic amines) is 1. The van der Waals surface area contributed by atoms with E-state index in [2.05, 4.69) is 23.0 Å². The Morgan fingerprint density at radius 2 is 2.26 bits per heavy atom. The van der Waals surface area contributed by atoms with Crippen molar-refractivity contribution in [1.82, 2.24) is 14.8 Å². The first kappa shape index (κ1) is 16.4. The summed E-state index contributed by atoms with van der Waals surface area (Å²) in [4.78, 5) is 21.1. The lowest BCUT2D eigenvalue weighted by Crippen LogP contribution is -2.46. The van der Waals surface area contributed by atoms with Gasteiger partial charge in [0.25, 0.3) is 0 Å². The third-order valence-corrected chi connectivity index (χ3v) is 6.17. The van der Waals surface area contributed by atoms with Gasteiger partial charge in [-0.1, -0.05) is 0 Å². The number of aromatic nitrogens is 1. The summed E-state index contributed by atoms with van der Waals surface area (Å²) in [5, 5.41) is 12.3. The molecule has 1 aromatic heterocycles. The third-order valence-electron chi connectivity index (χ3n) is 5.41. The first-order chi connectivity index (χ1) is 10.9. The summed E-state index contributed by atoms with van der Waals surface area (Å²) < 4.78 is 0. The second-order valence-electron chi connectivity index (χ2n) is 7.45. The van der Waals surface area contributed by atoms with Crippen molar-refractivity contribution in [3.63, 3.8) is 0 Å². The van der Waals surface area contributed by atoms with Gasteiger partial charge in [-0.05, 0) is 45.6 Å². The van der Waals surface area contributed by atoms with Crippen LogP contribution in [0.5, 0.6) is 0 Å². The van der Waals surface area contributed by atoms with Crippen molar-refractivity contribution < 1.29 is 4.79 Å². The van der Waals surface area contributed by atoms with E-state index in [0.29, 0.717) is 11.5 Å². The summed E-state index contributed by atoms with van der Waals surface area (Å²) in [6, 6.07) is 2.73. The number of carbonyl (C=O) groups is 1. The van der Waals surface area contributed by atoms with Crippen LogP contribution < -0.4 is 0 Å². The lowest BCUT2D eigenvalue weighted by Gasteiger charge is -2.36. The molecule has 1 saturated carbocycles. The number of nitriles is 1. The molecule has 23 heavy (non-hydrogen) atoms. The molecule has 0 unspecified atom stereocenters. The number of rotatable bonds is 4. The molecule has 6 heteroatoms. The molecule has 0 N–H and O–H groups in total. The van der Waals surface area contributed by atoms with Gasteiger partial charge in [-0.3, -0.25) is 9.69 Å². The molecule has 1 aliphatic heterocycles. The molecule has 1 spiro atoms. The molecule has 2 heterocycles. The highest BCUT2D eigenvalue weighted by molar-refractivity contribution is 7.09. The van der Waals surface area contributed by atoms with Gasteiger partial charge in [-0.15, -0.1) is 11.3 Å². The minimum atomic E-state index is -0.908. The molecule has 1 saturated heterocycles. The van der Waals surface area contributed by atoms with Crippen molar-refractivity contribution in [3.05, 3.63) is 16.6 Å². The van der Waals surface area contributed by atoms with E-state index in [9.17, 15) is 4.79 Å². The van der Waals surface area contributed by atoms with E-state index in [-0.39, 0.29) is 5.91 Å². The van der Waals surface area contributed by atoms with Gasteiger partial charge in [0.2, 0.25) is 5.91 Å². The van der Waals surface area contributed by atoms with Crippen LogP contribution in [0.3, 0.4) is 0 Å². The molecule has 124 valence electrons. The second-order valence-corrected chi connectivity index (χ2v) is 8.43. The summed E-state index contributed by atoms with van der Waals surface area (Å²) in [5.41, 5.74) is -0.533. The topological polar surface area (TPSA) is 60.2 Å². The van der Waals surface area contributed by atoms with E-state index < -0.39 is 5.41 Å². The van der Waals surface area contributed by atoms with Gasteiger partial charge in [-0.25, -0.2) is 4.98 Å². The first-order valence-corrected chi connectivity index (χ1v) is 9.05. The van der Waals surface area contributed by atoms with E-state index in [1.54, 1.807) is 25.2 Å².